The summed E-state index contributed by atoms with van der Waals surface area (Å²) in [4.78, 5) is 12.4. The minimum absolute atomic E-state index is 0.0294. The zero-order valence-corrected chi connectivity index (χ0v) is 18.6. The Morgan fingerprint density at radius 1 is 1.04 bits per heavy atom. The molecule has 2 rings (SSSR count). The summed E-state index contributed by atoms with van der Waals surface area (Å²) in [6, 6.07) is 9.08. The Balaban J connectivity index is 2.12. The van der Waals surface area contributed by atoms with Crippen LogP contribution in [0.25, 0.3) is 0 Å². The van der Waals surface area contributed by atoms with Gasteiger partial charge in [0.25, 0.3) is 0 Å². The number of rotatable bonds is 8. The molecule has 1 saturated carbocycles. The van der Waals surface area contributed by atoms with Crippen molar-refractivity contribution in [1.29, 1.82) is 0 Å². The standard InChI is InChI=1S/C22H36O4Si/c1-15(2)27(16(3)4,17(5)6)26-21-13-20(12-19(21)14-23)25-22(24)18-10-8-7-9-11-18/h7-11,15-17,19-21,23H,12-14H2,1-6H3/t19-,20+,21+/m1/s1. The number of carbonyl (C=O) groups is 1. The highest BCUT2D eigenvalue weighted by Gasteiger charge is 2.49. The normalized spacial score (nSPS) is 23.4. The van der Waals surface area contributed by atoms with Gasteiger partial charge in [-0.2, -0.15) is 0 Å². The molecule has 1 aliphatic rings. The molecular formula is C22H36O4Si. The van der Waals surface area contributed by atoms with Crippen LogP contribution >= 0.6 is 0 Å². The van der Waals surface area contributed by atoms with Gasteiger partial charge in [0.2, 0.25) is 8.32 Å². The van der Waals surface area contributed by atoms with Crippen molar-refractivity contribution in [2.24, 2.45) is 5.92 Å². The Morgan fingerprint density at radius 2 is 1.59 bits per heavy atom. The van der Waals surface area contributed by atoms with Gasteiger partial charge in [0, 0.05) is 18.9 Å². The summed E-state index contributed by atoms with van der Waals surface area (Å²) in [6.07, 6.45) is 1.10. The summed E-state index contributed by atoms with van der Waals surface area (Å²) in [5.74, 6) is -0.264. The van der Waals surface area contributed by atoms with E-state index in [1.54, 1.807) is 12.1 Å². The monoisotopic (exact) mass is 392 g/mol. The van der Waals surface area contributed by atoms with Gasteiger partial charge in [-0.3, -0.25) is 0 Å². The highest BCUT2D eigenvalue weighted by atomic mass is 28.4. The largest absolute Gasteiger partial charge is 0.459 e. The number of ether oxygens (including phenoxy) is 1. The van der Waals surface area contributed by atoms with E-state index in [9.17, 15) is 9.90 Å². The number of benzene rings is 1. The molecule has 0 aliphatic heterocycles. The predicted molar refractivity (Wildman–Crippen MR) is 111 cm³/mol. The van der Waals surface area contributed by atoms with Gasteiger partial charge in [-0.25, -0.2) is 4.79 Å². The van der Waals surface area contributed by atoms with Crippen molar-refractivity contribution in [2.75, 3.05) is 6.61 Å². The maximum Gasteiger partial charge on any atom is 0.338 e. The first-order valence-electron chi connectivity index (χ1n) is 10.3. The Hall–Kier alpha value is -1.17. The average Bonchev–Trinajstić information content (AvgIpc) is 3.00. The van der Waals surface area contributed by atoms with Crippen molar-refractivity contribution in [2.45, 2.75) is 83.2 Å². The van der Waals surface area contributed by atoms with Gasteiger partial charge in [-0.05, 0) is 35.2 Å². The number of hydrogen-bond donors (Lipinski definition) is 1. The van der Waals surface area contributed by atoms with E-state index in [2.05, 4.69) is 41.5 Å². The minimum atomic E-state index is -2.04. The molecule has 0 spiro atoms. The van der Waals surface area contributed by atoms with Crippen LogP contribution in [0.15, 0.2) is 30.3 Å². The lowest BCUT2D eigenvalue weighted by molar-refractivity contribution is 0.0288. The van der Waals surface area contributed by atoms with Crippen LogP contribution in [0.4, 0.5) is 0 Å². The van der Waals surface area contributed by atoms with Gasteiger partial charge < -0.3 is 14.3 Å². The van der Waals surface area contributed by atoms with Crippen molar-refractivity contribution in [1.82, 2.24) is 0 Å². The molecule has 4 nitrogen and oxygen atoms in total. The molecule has 1 fully saturated rings. The van der Waals surface area contributed by atoms with E-state index >= 15 is 0 Å². The molecule has 27 heavy (non-hydrogen) atoms. The van der Waals surface area contributed by atoms with Gasteiger partial charge in [0.15, 0.2) is 0 Å². The van der Waals surface area contributed by atoms with Crippen molar-refractivity contribution >= 4 is 14.3 Å². The number of hydrogen-bond acceptors (Lipinski definition) is 4. The average molecular weight is 393 g/mol. The molecule has 0 saturated heterocycles. The summed E-state index contributed by atoms with van der Waals surface area (Å²) in [7, 11) is -2.04. The lowest BCUT2D eigenvalue weighted by Gasteiger charge is -2.45. The molecule has 0 aromatic heterocycles. The molecule has 3 atom stereocenters. The van der Waals surface area contributed by atoms with Crippen LogP contribution in [0.1, 0.15) is 64.7 Å². The van der Waals surface area contributed by atoms with Gasteiger partial charge in [0.1, 0.15) is 6.10 Å². The van der Waals surface area contributed by atoms with Gasteiger partial charge in [0.05, 0.1) is 11.7 Å². The molecule has 0 bridgehead atoms. The Morgan fingerprint density at radius 3 is 2.07 bits per heavy atom. The number of esters is 1. The second-order valence-corrected chi connectivity index (χ2v) is 14.2. The van der Waals surface area contributed by atoms with Crippen LogP contribution in [0, 0.1) is 5.92 Å². The van der Waals surface area contributed by atoms with E-state index in [-0.39, 0.29) is 30.7 Å². The Kier molecular flexibility index (Phi) is 7.66. The highest BCUT2D eigenvalue weighted by Crippen LogP contribution is 2.46. The molecule has 0 radical (unpaired) electrons. The van der Waals surface area contributed by atoms with Crippen LogP contribution in [0.5, 0.6) is 0 Å². The molecule has 0 heterocycles. The van der Waals surface area contributed by atoms with Gasteiger partial charge in [-0.15, -0.1) is 0 Å². The first kappa shape index (κ1) is 22.1. The SMILES string of the molecule is CC(C)[Si](O[C@H]1C[C@@H](OC(=O)c2ccccc2)C[C@@H]1CO)(C(C)C)C(C)C. The summed E-state index contributed by atoms with van der Waals surface area (Å²) in [6.45, 7) is 13.7. The Labute approximate surface area is 165 Å². The zero-order valence-electron chi connectivity index (χ0n) is 17.6. The third-order valence-electron chi connectivity index (χ3n) is 6.17. The van der Waals surface area contributed by atoms with Crippen LogP contribution in [-0.4, -0.2) is 38.2 Å². The quantitative estimate of drug-likeness (QED) is 0.489. The summed E-state index contributed by atoms with van der Waals surface area (Å²) in [5, 5.41) is 9.91. The smallest absolute Gasteiger partial charge is 0.338 e. The van der Waals surface area contributed by atoms with E-state index in [0.717, 1.165) is 0 Å². The molecule has 1 aromatic carbocycles. The van der Waals surface area contributed by atoms with Gasteiger partial charge in [-0.1, -0.05) is 59.7 Å². The molecular weight excluding hydrogens is 356 g/mol. The van der Waals surface area contributed by atoms with Crippen LogP contribution in [0.3, 0.4) is 0 Å². The third kappa shape index (κ3) is 4.82. The fourth-order valence-electron chi connectivity index (χ4n) is 4.93. The summed E-state index contributed by atoms with van der Waals surface area (Å²) < 4.78 is 12.6. The second-order valence-electron chi connectivity index (χ2n) is 8.78. The fraction of sp³-hybridized carbons (Fsp3) is 0.682. The van der Waals surface area contributed by atoms with Crippen molar-refractivity contribution in [3.63, 3.8) is 0 Å². The van der Waals surface area contributed by atoms with Crippen LogP contribution in [0.2, 0.25) is 16.6 Å². The van der Waals surface area contributed by atoms with Crippen LogP contribution < -0.4 is 0 Å². The molecule has 1 aliphatic carbocycles. The molecule has 5 heteroatoms. The fourth-order valence-corrected chi connectivity index (χ4v) is 10.6. The topological polar surface area (TPSA) is 55.8 Å². The third-order valence-corrected chi connectivity index (χ3v) is 12.3. The lowest BCUT2D eigenvalue weighted by Crippen LogP contribution is -2.51. The first-order valence-corrected chi connectivity index (χ1v) is 12.4. The molecule has 0 unspecified atom stereocenters. The van der Waals surface area contributed by atoms with Crippen molar-refractivity contribution in [3.05, 3.63) is 35.9 Å². The maximum atomic E-state index is 12.4. The van der Waals surface area contributed by atoms with Crippen LogP contribution in [-0.2, 0) is 9.16 Å². The van der Waals surface area contributed by atoms with Crippen molar-refractivity contribution < 1.29 is 19.1 Å². The molecule has 1 aromatic rings. The van der Waals surface area contributed by atoms with E-state index < -0.39 is 8.32 Å². The van der Waals surface area contributed by atoms with E-state index in [1.807, 2.05) is 18.2 Å². The lowest BCUT2D eigenvalue weighted by atomic mass is 10.1. The van der Waals surface area contributed by atoms with E-state index in [1.165, 1.54) is 0 Å². The summed E-state index contributed by atoms with van der Waals surface area (Å²) >= 11 is 0. The van der Waals surface area contributed by atoms with E-state index in [4.69, 9.17) is 9.16 Å². The second kappa shape index (κ2) is 9.35. The number of carbonyl (C=O) groups excluding carboxylic acids is 1. The zero-order chi connectivity index (χ0) is 20.2. The number of aliphatic hydroxyl groups is 1. The van der Waals surface area contributed by atoms with Crippen molar-refractivity contribution in [3.8, 4) is 0 Å². The van der Waals surface area contributed by atoms with Gasteiger partial charge >= 0.3 is 5.97 Å². The molecule has 152 valence electrons. The molecule has 0 amide bonds. The predicted octanol–water partition coefficient (Wildman–Crippen LogP) is 5.18. The Bertz CT molecular complexity index is 578. The highest BCUT2D eigenvalue weighted by molar-refractivity contribution is 6.77. The van der Waals surface area contributed by atoms with E-state index in [0.29, 0.717) is 35.0 Å². The minimum Gasteiger partial charge on any atom is -0.459 e. The number of aliphatic hydroxyl groups excluding tert-OH is 1. The first-order chi connectivity index (χ1) is 12.7. The molecule has 1 N–H and O–H groups in total. The summed E-state index contributed by atoms with van der Waals surface area (Å²) in [5.41, 5.74) is 2.03. The maximum absolute atomic E-state index is 12.4.